The minimum atomic E-state index is -4.98. The van der Waals surface area contributed by atoms with Gasteiger partial charge in [-0.15, -0.1) is 0 Å². The number of hydrogen-bond acceptors (Lipinski definition) is 3. The van der Waals surface area contributed by atoms with Crippen LogP contribution in [0.25, 0.3) is 0 Å². The number of hydrogen-bond donors (Lipinski definition) is 1. The largest absolute Gasteiger partial charge is 0.426 e. The lowest BCUT2D eigenvalue weighted by molar-refractivity contribution is -0.262. The molecule has 2 fully saturated rings. The highest BCUT2D eigenvalue weighted by Crippen LogP contribution is 2.60. The lowest BCUT2D eigenvalue weighted by atomic mass is 9.82. The molecule has 1 saturated carbocycles. The molecular weight excluding hydrogens is 309 g/mol. The van der Waals surface area contributed by atoms with Crippen molar-refractivity contribution in [1.82, 2.24) is 4.90 Å². The van der Waals surface area contributed by atoms with Crippen LogP contribution in [0.4, 0.5) is 18.9 Å². The number of fused-ring (bicyclic) bond motifs is 1. The van der Waals surface area contributed by atoms with E-state index in [0.717, 1.165) is 11.3 Å². The molecule has 4 nitrogen and oxygen atoms in total. The molecule has 0 radical (unpaired) electrons. The van der Waals surface area contributed by atoms with Gasteiger partial charge in [-0.05, 0) is 30.9 Å². The van der Waals surface area contributed by atoms with Crippen LogP contribution in [0.3, 0.4) is 0 Å². The molecule has 23 heavy (non-hydrogen) atoms. The zero-order valence-corrected chi connectivity index (χ0v) is 12.6. The van der Waals surface area contributed by atoms with Gasteiger partial charge in [0.25, 0.3) is 5.91 Å². The predicted molar refractivity (Wildman–Crippen MR) is 76.5 cm³/mol. The van der Waals surface area contributed by atoms with Crippen LogP contribution in [-0.4, -0.2) is 40.4 Å². The molecule has 2 heterocycles. The fourth-order valence-electron chi connectivity index (χ4n) is 4.83. The number of carbonyl (C=O) groups excluding carboxylic acids is 1. The lowest BCUT2D eigenvalue weighted by Crippen LogP contribution is -2.61. The molecule has 0 unspecified atom stereocenters. The van der Waals surface area contributed by atoms with E-state index in [4.69, 9.17) is 0 Å². The van der Waals surface area contributed by atoms with Crippen molar-refractivity contribution in [1.29, 1.82) is 0 Å². The topological polar surface area (TPSA) is 43.8 Å². The summed E-state index contributed by atoms with van der Waals surface area (Å²) in [6.45, 7) is 0.105. The molecule has 124 valence electrons. The van der Waals surface area contributed by atoms with Gasteiger partial charge in [0.1, 0.15) is 5.66 Å². The first kappa shape index (κ1) is 14.8. The van der Waals surface area contributed by atoms with Crippen LogP contribution in [-0.2, 0) is 11.3 Å². The number of rotatable bonds is 0. The van der Waals surface area contributed by atoms with Gasteiger partial charge in [-0.25, -0.2) is 0 Å². The minimum Gasteiger partial charge on any atom is -0.372 e. The molecule has 1 aromatic rings. The van der Waals surface area contributed by atoms with Crippen LogP contribution in [0.1, 0.15) is 24.8 Å². The number of carbonyl (C=O) groups is 1. The smallest absolute Gasteiger partial charge is 0.372 e. The Morgan fingerprint density at radius 2 is 2.00 bits per heavy atom. The number of anilines is 1. The van der Waals surface area contributed by atoms with E-state index in [0.29, 0.717) is 12.8 Å². The average molecular weight is 326 g/mol. The van der Waals surface area contributed by atoms with E-state index < -0.39 is 29.3 Å². The number of nitrogens with zero attached hydrogens (tertiary/aromatic N) is 2. The van der Waals surface area contributed by atoms with Gasteiger partial charge in [0.2, 0.25) is 5.60 Å². The first-order chi connectivity index (χ1) is 10.7. The van der Waals surface area contributed by atoms with E-state index in [1.807, 2.05) is 12.1 Å². The highest BCUT2D eigenvalue weighted by Gasteiger charge is 2.79. The van der Waals surface area contributed by atoms with E-state index in [9.17, 15) is 23.1 Å². The first-order valence-corrected chi connectivity index (χ1v) is 7.67. The van der Waals surface area contributed by atoms with Gasteiger partial charge in [-0.3, -0.25) is 4.79 Å². The molecule has 2 aliphatic heterocycles. The summed E-state index contributed by atoms with van der Waals surface area (Å²) in [5.74, 6) is -2.38. The second kappa shape index (κ2) is 4.20. The number of halogens is 3. The first-order valence-electron chi connectivity index (χ1n) is 7.67. The van der Waals surface area contributed by atoms with E-state index in [1.54, 1.807) is 24.1 Å². The maximum absolute atomic E-state index is 13.6. The van der Waals surface area contributed by atoms with Gasteiger partial charge in [-0.2, -0.15) is 13.2 Å². The van der Waals surface area contributed by atoms with Gasteiger partial charge in [0.15, 0.2) is 0 Å². The summed E-state index contributed by atoms with van der Waals surface area (Å²) in [5, 5.41) is 10.4. The number of para-hydroxylation sites is 1. The molecule has 3 atom stereocenters. The Balaban J connectivity index is 1.93. The highest BCUT2D eigenvalue weighted by molar-refractivity contribution is 5.92. The van der Waals surface area contributed by atoms with Crippen molar-refractivity contribution < 1.29 is 23.1 Å². The Hall–Kier alpha value is -1.76. The molecule has 1 spiro atoms. The van der Waals surface area contributed by atoms with Crippen molar-refractivity contribution >= 4 is 11.6 Å². The second-order valence-electron chi connectivity index (χ2n) is 6.67. The predicted octanol–water partition coefficient (Wildman–Crippen LogP) is 2.27. The standard InChI is InChI=1S/C16H17F3N2O2/c1-20-11-6-3-2-5-10(11)9-21-13(22)15(23,16(17,18)19)12-7-4-8-14(12,20)21/h2-3,5-6,12,23H,4,7-9H2,1H3/t12-,14+,15-/m1/s1. The quantitative estimate of drug-likeness (QED) is 0.795. The maximum atomic E-state index is 13.6. The van der Waals surface area contributed by atoms with Crippen molar-refractivity contribution in [3.05, 3.63) is 29.8 Å². The Kier molecular flexibility index (Phi) is 2.70. The van der Waals surface area contributed by atoms with Crippen molar-refractivity contribution in [2.75, 3.05) is 11.9 Å². The summed E-state index contributed by atoms with van der Waals surface area (Å²) in [6, 6.07) is 7.29. The monoisotopic (exact) mass is 326 g/mol. The highest BCUT2D eigenvalue weighted by atomic mass is 19.4. The van der Waals surface area contributed by atoms with Crippen molar-refractivity contribution in [3.8, 4) is 0 Å². The van der Waals surface area contributed by atoms with E-state index >= 15 is 0 Å². The summed E-state index contributed by atoms with van der Waals surface area (Å²) in [5.41, 5.74) is -2.75. The Morgan fingerprint density at radius 1 is 1.30 bits per heavy atom. The third-order valence-electron chi connectivity index (χ3n) is 5.83. The SMILES string of the molecule is CN1c2ccccc2CN2C(=O)[C@@](O)(C(F)(F)F)[C@@H]3CCC[C@@]321. The molecule has 7 heteroatoms. The van der Waals surface area contributed by atoms with E-state index in [2.05, 4.69) is 0 Å². The molecule has 1 amide bonds. The summed E-state index contributed by atoms with van der Waals surface area (Å²) in [6.07, 6.45) is -3.80. The summed E-state index contributed by atoms with van der Waals surface area (Å²) >= 11 is 0. The maximum Gasteiger partial charge on any atom is 0.426 e. The molecule has 4 rings (SSSR count). The Morgan fingerprint density at radius 3 is 2.70 bits per heavy atom. The number of amides is 1. The molecule has 1 aromatic carbocycles. The molecule has 1 aliphatic carbocycles. The third kappa shape index (κ3) is 1.49. The molecule has 3 aliphatic rings. The third-order valence-corrected chi connectivity index (χ3v) is 5.83. The zero-order valence-electron chi connectivity index (χ0n) is 12.6. The fraction of sp³-hybridized carbons (Fsp3) is 0.562. The normalized spacial score (nSPS) is 36.0. The molecule has 0 bridgehead atoms. The van der Waals surface area contributed by atoms with Gasteiger partial charge < -0.3 is 14.9 Å². The van der Waals surface area contributed by atoms with Gasteiger partial charge in [-0.1, -0.05) is 18.2 Å². The van der Waals surface area contributed by atoms with E-state index in [-0.39, 0.29) is 13.0 Å². The van der Waals surface area contributed by atoms with Gasteiger partial charge in [0.05, 0.1) is 6.54 Å². The number of benzene rings is 1. The molecule has 0 aromatic heterocycles. The van der Waals surface area contributed by atoms with Crippen LogP contribution < -0.4 is 4.90 Å². The van der Waals surface area contributed by atoms with Crippen LogP contribution in [0.15, 0.2) is 24.3 Å². The molecule has 1 N–H and O–H groups in total. The van der Waals surface area contributed by atoms with Crippen LogP contribution >= 0.6 is 0 Å². The Bertz CT molecular complexity index is 692. The Labute approximate surface area is 131 Å². The molecular formula is C16H17F3N2O2. The van der Waals surface area contributed by atoms with Crippen molar-refractivity contribution in [2.24, 2.45) is 5.92 Å². The summed E-state index contributed by atoms with van der Waals surface area (Å²) in [7, 11) is 1.72. The lowest BCUT2D eigenvalue weighted by Gasteiger charge is -2.51. The van der Waals surface area contributed by atoms with E-state index in [1.165, 1.54) is 4.90 Å². The van der Waals surface area contributed by atoms with Crippen LogP contribution in [0.5, 0.6) is 0 Å². The van der Waals surface area contributed by atoms with Crippen molar-refractivity contribution in [3.63, 3.8) is 0 Å². The fourth-order valence-corrected chi connectivity index (χ4v) is 4.83. The average Bonchev–Trinajstić information content (AvgIpc) is 3.00. The number of aliphatic hydroxyl groups is 1. The summed E-state index contributed by atoms with van der Waals surface area (Å²) < 4.78 is 40.8. The van der Waals surface area contributed by atoms with Crippen LogP contribution in [0.2, 0.25) is 0 Å². The van der Waals surface area contributed by atoms with Gasteiger partial charge in [0, 0.05) is 18.7 Å². The minimum absolute atomic E-state index is 0.105. The van der Waals surface area contributed by atoms with Crippen LogP contribution in [0, 0.1) is 5.92 Å². The number of alkyl halides is 3. The van der Waals surface area contributed by atoms with Crippen molar-refractivity contribution in [2.45, 2.75) is 43.2 Å². The summed E-state index contributed by atoms with van der Waals surface area (Å²) in [4.78, 5) is 15.6. The second-order valence-corrected chi connectivity index (χ2v) is 6.67. The zero-order chi connectivity index (χ0) is 16.6. The molecule has 1 saturated heterocycles. The van der Waals surface area contributed by atoms with Gasteiger partial charge >= 0.3 is 6.18 Å².